The largest absolute Gasteiger partial charge is 0.355 e. The Hall–Kier alpha value is -1.87. The van der Waals surface area contributed by atoms with Crippen LogP contribution in [0.5, 0.6) is 0 Å². The van der Waals surface area contributed by atoms with Crippen molar-refractivity contribution >= 4 is 5.78 Å². The van der Waals surface area contributed by atoms with Crippen molar-refractivity contribution < 1.29 is 4.79 Å². The molecule has 0 aliphatic heterocycles. The summed E-state index contributed by atoms with van der Waals surface area (Å²) in [6.07, 6.45) is 0. The molecule has 94 valence electrons. The van der Waals surface area contributed by atoms with E-state index in [1.807, 2.05) is 42.5 Å². The van der Waals surface area contributed by atoms with Gasteiger partial charge >= 0.3 is 0 Å². The minimum Gasteiger partial charge on any atom is -0.355 e. The van der Waals surface area contributed by atoms with Crippen LogP contribution in [0.3, 0.4) is 0 Å². The molecule has 0 radical (unpaired) electrons. The Kier molecular flexibility index (Phi) is 3.95. The molecule has 1 aromatic heterocycles. The second-order valence-electron chi connectivity index (χ2n) is 4.63. The summed E-state index contributed by atoms with van der Waals surface area (Å²) < 4.78 is 0. The number of benzene rings is 1. The quantitative estimate of drug-likeness (QED) is 0.792. The van der Waals surface area contributed by atoms with Crippen LogP contribution in [0.15, 0.2) is 42.5 Å². The van der Waals surface area contributed by atoms with E-state index in [9.17, 15) is 4.79 Å². The predicted molar refractivity (Wildman–Crippen MR) is 72.6 cm³/mol. The van der Waals surface area contributed by atoms with Gasteiger partial charge in [0.15, 0.2) is 0 Å². The number of carbonyl (C=O) groups excluding carboxylic acids is 1. The van der Waals surface area contributed by atoms with E-state index in [2.05, 4.69) is 24.1 Å². The molecule has 0 atom stereocenters. The fourth-order valence-electron chi connectivity index (χ4n) is 1.73. The van der Waals surface area contributed by atoms with Crippen LogP contribution in [-0.4, -0.2) is 16.8 Å². The third kappa shape index (κ3) is 3.08. The van der Waals surface area contributed by atoms with Crippen LogP contribution < -0.4 is 5.32 Å². The third-order valence-electron chi connectivity index (χ3n) is 2.73. The lowest BCUT2D eigenvalue weighted by Gasteiger charge is -2.05. The van der Waals surface area contributed by atoms with E-state index in [0.717, 1.165) is 12.2 Å². The van der Waals surface area contributed by atoms with Gasteiger partial charge in [0.1, 0.15) is 0 Å². The summed E-state index contributed by atoms with van der Waals surface area (Å²) in [5.41, 5.74) is 2.38. The van der Waals surface area contributed by atoms with Crippen molar-refractivity contribution in [1.82, 2.24) is 10.3 Å². The van der Waals surface area contributed by atoms with Gasteiger partial charge in [-0.1, -0.05) is 44.2 Å². The van der Waals surface area contributed by atoms with Crippen LogP contribution >= 0.6 is 0 Å². The highest BCUT2D eigenvalue weighted by Gasteiger charge is 2.10. The lowest BCUT2D eigenvalue weighted by molar-refractivity contribution is 0.103. The average Bonchev–Trinajstić information content (AvgIpc) is 2.85. The van der Waals surface area contributed by atoms with Gasteiger partial charge in [-0.05, 0) is 12.1 Å². The highest BCUT2D eigenvalue weighted by molar-refractivity contribution is 6.07. The zero-order valence-corrected chi connectivity index (χ0v) is 10.7. The van der Waals surface area contributed by atoms with E-state index in [-0.39, 0.29) is 5.78 Å². The van der Waals surface area contributed by atoms with E-state index in [1.54, 1.807) is 0 Å². The first kappa shape index (κ1) is 12.6. The van der Waals surface area contributed by atoms with Gasteiger partial charge in [-0.15, -0.1) is 0 Å². The fourth-order valence-corrected chi connectivity index (χ4v) is 1.73. The van der Waals surface area contributed by atoms with Gasteiger partial charge in [0.05, 0.1) is 5.69 Å². The Labute approximate surface area is 107 Å². The Morgan fingerprint density at radius 3 is 2.56 bits per heavy atom. The van der Waals surface area contributed by atoms with Crippen molar-refractivity contribution in [2.24, 2.45) is 0 Å². The van der Waals surface area contributed by atoms with E-state index in [4.69, 9.17) is 0 Å². The molecule has 1 aromatic carbocycles. The Bertz CT molecular complexity index is 514. The molecule has 0 aliphatic carbocycles. The maximum Gasteiger partial charge on any atom is 0.209 e. The summed E-state index contributed by atoms with van der Waals surface area (Å²) in [6, 6.07) is 13.5. The van der Waals surface area contributed by atoms with Gasteiger partial charge in [0, 0.05) is 23.8 Å². The van der Waals surface area contributed by atoms with E-state index in [1.165, 1.54) is 0 Å². The van der Waals surface area contributed by atoms with Crippen molar-refractivity contribution in [2.45, 2.75) is 26.4 Å². The SMILES string of the molecule is CC(C)NCc1ccc(C(=O)c2ccccc2)[nH]1. The number of ketones is 1. The van der Waals surface area contributed by atoms with Crippen molar-refractivity contribution in [2.75, 3.05) is 0 Å². The third-order valence-corrected chi connectivity index (χ3v) is 2.73. The molecule has 0 aliphatic rings. The molecular weight excluding hydrogens is 224 g/mol. The molecule has 0 fully saturated rings. The minimum atomic E-state index is 0.0337. The lowest BCUT2D eigenvalue weighted by atomic mass is 10.1. The molecule has 3 nitrogen and oxygen atoms in total. The first-order valence-corrected chi connectivity index (χ1v) is 6.18. The standard InChI is InChI=1S/C15H18N2O/c1-11(2)16-10-13-8-9-14(17-13)15(18)12-6-4-3-5-7-12/h3-9,11,16-17H,10H2,1-2H3. The topological polar surface area (TPSA) is 44.9 Å². The van der Waals surface area contributed by atoms with Crippen LogP contribution in [0.4, 0.5) is 0 Å². The zero-order valence-electron chi connectivity index (χ0n) is 10.7. The molecule has 0 spiro atoms. The molecule has 3 heteroatoms. The van der Waals surface area contributed by atoms with Gasteiger partial charge in [0.2, 0.25) is 5.78 Å². The van der Waals surface area contributed by atoms with E-state index >= 15 is 0 Å². The second kappa shape index (κ2) is 5.65. The van der Waals surface area contributed by atoms with Gasteiger partial charge in [-0.2, -0.15) is 0 Å². The van der Waals surface area contributed by atoms with Gasteiger partial charge < -0.3 is 10.3 Å². The number of carbonyl (C=O) groups is 1. The van der Waals surface area contributed by atoms with Crippen LogP contribution in [0.1, 0.15) is 35.6 Å². The highest BCUT2D eigenvalue weighted by atomic mass is 16.1. The van der Waals surface area contributed by atoms with Crippen LogP contribution in [0.25, 0.3) is 0 Å². The summed E-state index contributed by atoms with van der Waals surface area (Å²) in [4.78, 5) is 15.3. The predicted octanol–water partition coefficient (Wildman–Crippen LogP) is 2.74. The molecule has 0 unspecified atom stereocenters. The van der Waals surface area contributed by atoms with Gasteiger partial charge in [-0.3, -0.25) is 4.79 Å². The molecule has 1 heterocycles. The number of hydrogen-bond donors (Lipinski definition) is 2. The van der Waals surface area contributed by atoms with Gasteiger partial charge in [-0.25, -0.2) is 0 Å². The first-order valence-electron chi connectivity index (χ1n) is 6.18. The molecule has 0 bridgehead atoms. The van der Waals surface area contributed by atoms with E-state index in [0.29, 0.717) is 17.3 Å². The normalized spacial score (nSPS) is 10.8. The number of rotatable bonds is 5. The van der Waals surface area contributed by atoms with Crippen molar-refractivity contribution in [3.63, 3.8) is 0 Å². The Morgan fingerprint density at radius 1 is 1.17 bits per heavy atom. The molecule has 0 saturated carbocycles. The van der Waals surface area contributed by atoms with Crippen LogP contribution in [0, 0.1) is 0 Å². The molecule has 2 N–H and O–H groups in total. The minimum absolute atomic E-state index is 0.0337. The zero-order chi connectivity index (χ0) is 13.0. The average molecular weight is 242 g/mol. The number of hydrogen-bond acceptors (Lipinski definition) is 2. The number of H-pyrrole nitrogens is 1. The monoisotopic (exact) mass is 242 g/mol. The van der Waals surface area contributed by atoms with Crippen LogP contribution in [-0.2, 0) is 6.54 Å². The van der Waals surface area contributed by atoms with Crippen molar-refractivity contribution in [3.8, 4) is 0 Å². The smallest absolute Gasteiger partial charge is 0.209 e. The molecule has 0 saturated heterocycles. The van der Waals surface area contributed by atoms with Crippen molar-refractivity contribution in [1.29, 1.82) is 0 Å². The first-order chi connectivity index (χ1) is 8.66. The van der Waals surface area contributed by atoms with Crippen LogP contribution in [0.2, 0.25) is 0 Å². The number of aromatic amines is 1. The fraction of sp³-hybridized carbons (Fsp3) is 0.267. The number of aromatic nitrogens is 1. The molecule has 18 heavy (non-hydrogen) atoms. The molecular formula is C15H18N2O. The summed E-state index contributed by atoms with van der Waals surface area (Å²) >= 11 is 0. The summed E-state index contributed by atoms with van der Waals surface area (Å²) in [6.45, 7) is 4.94. The summed E-state index contributed by atoms with van der Waals surface area (Å²) in [7, 11) is 0. The maximum atomic E-state index is 12.1. The summed E-state index contributed by atoms with van der Waals surface area (Å²) in [5.74, 6) is 0.0337. The highest BCUT2D eigenvalue weighted by Crippen LogP contribution is 2.09. The van der Waals surface area contributed by atoms with Gasteiger partial charge in [0.25, 0.3) is 0 Å². The molecule has 0 amide bonds. The summed E-state index contributed by atoms with van der Waals surface area (Å²) in [5, 5.41) is 3.31. The lowest BCUT2D eigenvalue weighted by Crippen LogP contribution is -2.22. The number of nitrogens with one attached hydrogen (secondary N) is 2. The molecule has 2 rings (SSSR count). The Morgan fingerprint density at radius 2 is 1.89 bits per heavy atom. The maximum absolute atomic E-state index is 12.1. The molecule has 2 aromatic rings. The van der Waals surface area contributed by atoms with Crippen molar-refractivity contribution in [3.05, 3.63) is 59.4 Å². The second-order valence-corrected chi connectivity index (χ2v) is 4.63. The van der Waals surface area contributed by atoms with E-state index < -0.39 is 0 Å². The Balaban J connectivity index is 2.08.